The molecule has 150 valence electrons. The van der Waals surface area contributed by atoms with E-state index in [1.165, 1.54) is 10.4 Å². The van der Waals surface area contributed by atoms with Crippen molar-refractivity contribution in [3.05, 3.63) is 76.0 Å². The van der Waals surface area contributed by atoms with E-state index in [1.54, 1.807) is 18.4 Å². The Bertz CT molecular complexity index is 822. The summed E-state index contributed by atoms with van der Waals surface area (Å²) >= 11 is 1.69. The fourth-order valence-corrected chi connectivity index (χ4v) is 3.30. The molecule has 0 fully saturated rings. The molecule has 0 amide bonds. The molecule has 4 nitrogen and oxygen atoms in total. The van der Waals surface area contributed by atoms with Crippen LogP contribution in [-0.2, 0) is 19.7 Å². The van der Waals surface area contributed by atoms with Crippen molar-refractivity contribution in [2.24, 2.45) is 0 Å². The van der Waals surface area contributed by atoms with Gasteiger partial charge in [-0.15, -0.1) is 11.3 Å². The molecule has 1 N–H and O–H groups in total. The van der Waals surface area contributed by atoms with E-state index in [2.05, 4.69) is 35.0 Å². The standard InChI is InChI=1S/C22H25NO3S.ClH/c1-3-25-22-13-18(8-11-21(22)26-16-20-5-4-12-27-20)15-23-14-17-6-9-19(24-2)10-7-17;/h4-13,23H,3,14-16H2,1-2H3;1H/p-1. The average molecular weight is 419 g/mol. The van der Waals surface area contributed by atoms with Gasteiger partial charge in [0.05, 0.1) is 13.7 Å². The first kappa shape index (κ1) is 22.1. The van der Waals surface area contributed by atoms with Crippen molar-refractivity contribution < 1.29 is 26.6 Å². The van der Waals surface area contributed by atoms with Crippen LogP contribution in [0.15, 0.2) is 60.0 Å². The van der Waals surface area contributed by atoms with Gasteiger partial charge in [-0.2, -0.15) is 0 Å². The summed E-state index contributed by atoms with van der Waals surface area (Å²) in [4.78, 5) is 1.20. The third-order valence-corrected chi connectivity index (χ3v) is 4.93. The quantitative estimate of drug-likeness (QED) is 0.547. The molecule has 6 heteroatoms. The van der Waals surface area contributed by atoms with E-state index in [4.69, 9.17) is 14.2 Å². The van der Waals surface area contributed by atoms with Crippen LogP contribution in [0.25, 0.3) is 0 Å². The second kappa shape index (κ2) is 11.6. The van der Waals surface area contributed by atoms with Crippen LogP contribution in [0, 0.1) is 0 Å². The normalized spacial score (nSPS) is 10.2. The minimum absolute atomic E-state index is 0. The van der Waals surface area contributed by atoms with E-state index in [1.807, 2.05) is 37.3 Å². The van der Waals surface area contributed by atoms with Gasteiger partial charge in [-0.1, -0.05) is 24.3 Å². The van der Waals surface area contributed by atoms with Gasteiger partial charge in [0.1, 0.15) is 12.4 Å². The smallest absolute Gasteiger partial charge is 0.161 e. The third-order valence-electron chi connectivity index (χ3n) is 4.08. The molecule has 3 rings (SSSR count). The van der Waals surface area contributed by atoms with Crippen LogP contribution in [-0.4, -0.2) is 13.7 Å². The van der Waals surface area contributed by atoms with Crippen molar-refractivity contribution in [3.63, 3.8) is 0 Å². The van der Waals surface area contributed by atoms with E-state index in [0.717, 1.165) is 35.9 Å². The van der Waals surface area contributed by atoms with Gasteiger partial charge in [0, 0.05) is 18.0 Å². The number of nitrogens with one attached hydrogen (secondary N) is 1. The molecule has 0 unspecified atom stereocenters. The lowest BCUT2D eigenvalue weighted by Crippen LogP contribution is -3.00. The van der Waals surface area contributed by atoms with Gasteiger partial charge >= 0.3 is 0 Å². The second-order valence-electron chi connectivity index (χ2n) is 6.03. The van der Waals surface area contributed by atoms with E-state index in [0.29, 0.717) is 13.2 Å². The highest BCUT2D eigenvalue weighted by molar-refractivity contribution is 7.09. The van der Waals surface area contributed by atoms with E-state index in [9.17, 15) is 0 Å². The molecule has 0 aliphatic heterocycles. The Kier molecular flexibility index (Phi) is 9.14. The minimum atomic E-state index is 0. The lowest BCUT2D eigenvalue weighted by Gasteiger charge is -2.13. The monoisotopic (exact) mass is 418 g/mol. The molecule has 0 aliphatic carbocycles. The third kappa shape index (κ3) is 6.44. The second-order valence-corrected chi connectivity index (χ2v) is 7.07. The fraction of sp³-hybridized carbons (Fsp3) is 0.273. The Balaban J connectivity index is 0.00000280. The number of hydrogen-bond acceptors (Lipinski definition) is 5. The molecule has 0 saturated carbocycles. The van der Waals surface area contributed by atoms with Crippen LogP contribution in [0.3, 0.4) is 0 Å². The summed E-state index contributed by atoms with van der Waals surface area (Å²) in [6.07, 6.45) is 0. The van der Waals surface area contributed by atoms with Gasteiger partial charge in [0.25, 0.3) is 0 Å². The summed E-state index contributed by atoms with van der Waals surface area (Å²) in [7, 11) is 1.68. The lowest BCUT2D eigenvalue weighted by molar-refractivity contribution is -0.00000654. The Morgan fingerprint density at radius 2 is 1.64 bits per heavy atom. The van der Waals surface area contributed by atoms with Gasteiger partial charge in [-0.3, -0.25) is 0 Å². The van der Waals surface area contributed by atoms with Crippen molar-refractivity contribution >= 4 is 11.3 Å². The number of benzene rings is 2. The lowest BCUT2D eigenvalue weighted by atomic mass is 10.2. The highest BCUT2D eigenvalue weighted by Gasteiger charge is 2.07. The first-order chi connectivity index (χ1) is 13.3. The fourth-order valence-electron chi connectivity index (χ4n) is 2.69. The molecular weight excluding hydrogens is 394 g/mol. The maximum absolute atomic E-state index is 5.94. The number of thiophene rings is 1. The molecule has 0 aliphatic rings. The molecule has 0 spiro atoms. The number of ether oxygens (including phenoxy) is 3. The van der Waals surface area contributed by atoms with Gasteiger partial charge < -0.3 is 31.9 Å². The topological polar surface area (TPSA) is 39.7 Å². The number of methoxy groups -OCH3 is 1. The zero-order valence-corrected chi connectivity index (χ0v) is 17.7. The largest absolute Gasteiger partial charge is 1.00 e. The SMILES string of the molecule is CCOc1cc(CNCc2ccc(OC)cc2)ccc1OCc1cccs1.[Cl-]. The maximum atomic E-state index is 5.94. The predicted molar refractivity (Wildman–Crippen MR) is 110 cm³/mol. The highest BCUT2D eigenvalue weighted by atomic mass is 35.5. The molecule has 1 heterocycles. The van der Waals surface area contributed by atoms with Gasteiger partial charge in [0.15, 0.2) is 11.5 Å². The van der Waals surface area contributed by atoms with Crippen LogP contribution in [0.4, 0.5) is 0 Å². The van der Waals surface area contributed by atoms with Crippen LogP contribution >= 0.6 is 11.3 Å². The van der Waals surface area contributed by atoms with Gasteiger partial charge in [0.2, 0.25) is 0 Å². The molecule has 0 saturated heterocycles. The van der Waals surface area contributed by atoms with Crippen molar-refractivity contribution in [2.45, 2.75) is 26.6 Å². The number of halogens is 1. The van der Waals surface area contributed by atoms with Crippen LogP contribution < -0.4 is 31.9 Å². The summed E-state index contributed by atoms with van der Waals surface area (Å²) in [5.41, 5.74) is 2.38. The average Bonchev–Trinajstić information content (AvgIpc) is 3.22. The first-order valence-corrected chi connectivity index (χ1v) is 9.91. The molecule has 0 bridgehead atoms. The summed E-state index contributed by atoms with van der Waals surface area (Å²) in [5, 5.41) is 5.52. The van der Waals surface area contributed by atoms with E-state index < -0.39 is 0 Å². The summed E-state index contributed by atoms with van der Waals surface area (Å²) < 4.78 is 16.9. The van der Waals surface area contributed by atoms with E-state index in [-0.39, 0.29) is 12.4 Å². The van der Waals surface area contributed by atoms with Crippen molar-refractivity contribution in [1.29, 1.82) is 0 Å². The Morgan fingerprint density at radius 3 is 2.32 bits per heavy atom. The van der Waals surface area contributed by atoms with Crippen molar-refractivity contribution in [3.8, 4) is 17.2 Å². The zero-order chi connectivity index (χ0) is 18.9. The van der Waals surface area contributed by atoms with Crippen LogP contribution in [0.5, 0.6) is 17.2 Å². The molecular formula is C22H25ClNO3S-. The predicted octanol–water partition coefficient (Wildman–Crippen LogP) is 2.03. The highest BCUT2D eigenvalue weighted by Crippen LogP contribution is 2.29. The number of hydrogen-bond donors (Lipinski definition) is 1. The molecule has 0 radical (unpaired) electrons. The molecule has 3 aromatic rings. The van der Waals surface area contributed by atoms with Crippen molar-refractivity contribution in [1.82, 2.24) is 5.32 Å². The Hall–Kier alpha value is -2.21. The summed E-state index contributed by atoms with van der Waals surface area (Å²) in [6.45, 7) is 4.71. The van der Waals surface area contributed by atoms with Gasteiger partial charge in [-0.25, -0.2) is 0 Å². The number of rotatable bonds is 10. The van der Waals surface area contributed by atoms with Gasteiger partial charge in [-0.05, 0) is 53.8 Å². The minimum Gasteiger partial charge on any atom is -1.00 e. The molecule has 0 atom stereocenters. The molecule has 1 aromatic heterocycles. The van der Waals surface area contributed by atoms with E-state index >= 15 is 0 Å². The maximum Gasteiger partial charge on any atom is 0.161 e. The Labute approximate surface area is 176 Å². The first-order valence-electron chi connectivity index (χ1n) is 9.03. The molecule has 28 heavy (non-hydrogen) atoms. The Morgan fingerprint density at radius 1 is 0.893 bits per heavy atom. The van der Waals surface area contributed by atoms with Crippen LogP contribution in [0.1, 0.15) is 22.9 Å². The van der Waals surface area contributed by atoms with Crippen LogP contribution in [0.2, 0.25) is 0 Å². The molecule has 2 aromatic carbocycles. The summed E-state index contributed by atoms with van der Waals surface area (Å²) in [6, 6.07) is 18.3. The summed E-state index contributed by atoms with van der Waals surface area (Å²) in [5.74, 6) is 2.44. The van der Waals surface area contributed by atoms with Crippen molar-refractivity contribution in [2.75, 3.05) is 13.7 Å². The zero-order valence-electron chi connectivity index (χ0n) is 16.1.